The van der Waals surface area contributed by atoms with Crippen molar-refractivity contribution in [3.8, 4) is 17.2 Å². The highest BCUT2D eigenvalue weighted by atomic mass is 79.9. The van der Waals surface area contributed by atoms with E-state index in [4.69, 9.17) is 9.47 Å². The summed E-state index contributed by atoms with van der Waals surface area (Å²) in [4.78, 5) is 4.37. The average Bonchev–Trinajstić information content (AvgIpc) is 2.52. The van der Waals surface area contributed by atoms with Crippen molar-refractivity contribution in [2.75, 3.05) is 13.7 Å². The molecule has 0 amide bonds. The predicted octanol–water partition coefficient (Wildman–Crippen LogP) is 5.08. The van der Waals surface area contributed by atoms with Crippen LogP contribution in [0.4, 0.5) is 5.69 Å². The van der Waals surface area contributed by atoms with Crippen LogP contribution in [0.2, 0.25) is 0 Å². The molecule has 0 aliphatic carbocycles. The van der Waals surface area contributed by atoms with Gasteiger partial charge in [0.05, 0.1) is 25.0 Å². The summed E-state index contributed by atoms with van der Waals surface area (Å²) in [6.45, 7) is 2.56. The van der Waals surface area contributed by atoms with Crippen LogP contribution >= 0.6 is 31.9 Å². The highest BCUT2D eigenvalue weighted by Crippen LogP contribution is 2.39. The zero-order chi connectivity index (χ0) is 16.1. The van der Waals surface area contributed by atoms with Gasteiger partial charge in [0, 0.05) is 15.2 Å². The predicted molar refractivity (Wildman–Crippen MR) is 94.9 cm³/mol. The number of nitrogens with zero attached hydrogens (tertiary/aromatic N) is 1. The van der Waals surface area contributed by atoms with Crippen LogP contribution in [-0.4, -0.2) is 25.0 Å². The lowest BCUT2D eigenvalue weighted by Crippen LogP contribution is -1.92. The largest absolute Gasteiger partial charge is 0.504 e. The van der Waals surface area contributed by atoms with Crippen molar-refractivity contribution in [1.82, 2.24) is 0 Å². The molecule has 6 heteroatoms. The molecule has 2 rings (SSSR count). The number of methoxy groups -OCH3 is 1. The molecule has 0 fully saturated rings. The SMILES string of the molecule is CCOc1ccc(N=Cc2c(O)c(OC)cc(Br)c2Br)cc1. The Balaban J connectivity index is 2.31. The summed E-state index contributed by atoms with van der Waals surface area (Å²) in [6.07, 6.45) is 1.59. The molecule has 22 heavy (non-hydrogen) atoms. The summed E-state index contributed by atoms with van der Waals surface area (Å²) < 4.78 is 12.0. The molecule has 0 unspecified atom stereocenters. The average molecular weight is 429 g/mol. The van der Waals surface area contributed by atoms with E-state index in [9.17, 15) is 5.11 Å². The topological polar surface area (TPSA) is 51.0 Å². The maximum Gasteiger partial charge on any atom is 0.167 e. The minimum Gasteiger partial charge on any atom is -0.504 e. The van der Waals surface area contributed by atoms with Crippen molar-refractivity contribution in [2.45, 2.75) is 6.92 Å². The summed E-state index contributed by atoms with van der Waals surface area (Å²) in [7, 11) is 1.50. The Morgan fingerprint density at radius 1 is 1.23 bits per heavy atom. The van der Waals surface area contributed by atoms with Crippen LogP contribution in [0.25, 0.3) is 0 Å². The number of rotatable bonds is 5. The molecule has 0 aliphatic heterocycles. The molecule has 0 spiro atoms. The fourth-order valence-electron chi connectivity index (χ4n) is 1.82. The molecule has 0 radical (unpaired) electrons. The molecule has 0 aromatic heterocycles. The first-order valence-electron chi connectivity index (χ1n) is 6.58. The molecular formula is C16H15Br2NO3. The van der Waals surface area contributed by atoms with Crippen LogP contribution in [0.1, 0.15) is 12.5 Å². The van der Waals surface area contributed by atoms with Gasteiger partial charge >= 0.3 is 0 Å². The van der Waals surface area contributed by atoms with Crippen LogP contribution in [0.5, 0.6) is 17.2 Å². The molecule has 2 aromatic rings. The lowest BCUT2D eigenvalue weighted by molar-refractivity contribution is 0.340. The van der Waals surface area contributed by atoms with E-state index in [-0.39, 0.29) is 5.75 Å². The first kappa shape index (κ1) is 16.8. The van der Waals surface area contributed by atoms with E-state index >= 15 is 0 Å². The van der Waals surface area contributed by atoms with Crippen molar-refractivity contribution < 1.29 is 14.6 Å². The smallest absolute Gasteiger partial charge is 0.167 e. The number of aromatic hydroxyl groups is 1. The highest BCUT2D eigenvalue weighted by molar-refractivity contribution is 9.13. The quantitative estimate of drug-likeness (QED) is 0.676. The van der Waals surface area contributed by atoms with Gasteiger partial charge in [0.15, 0.2) is 11.5 Å². The summed E-state index contributed by atoms with van der Waals surface area (Å²) in [5.41, 5.74) is 1.30. The van der Waals surface area contributed by atoms with E-state index in [0.717, 1.165) is 15.9 Å². The van der Waals surface area contributed by atoms with E-state index in [2.05, 4.69) is 36.9 Å². The summed E-state index contributed by atoms with van der Waals surface area (Å²) in [5, 5.41) is 10.2. The zero-order valence-electron chi connectivity index (χ0n) is 12.1. The second-order valence-corrected chi connectivity index (χ2v) is 5.97. The third-order valence-electron chi connectivity index (χ3n) is 2.90. The van der Waals surface area contributed by atoms with Crippen molar-refractivity contribution in [2.24, 2.45) is 4.99 Å². The second-order valence-electron chi connectivity index (χ2n) is 4.32. The minimum atomic E-state index is 0.0345. The van der Waals surface area contributed by atoms with Crippen molar-refractivity contribution in [3.05, 3.63) is 44.8 Å². The number of ether oxygens (including phenoxy) is 2. The third-order valence-corrected chi connectivity index (χ3v) is 4.91. The lowest BCUT2D eigenvalue weighted by atomic mass is 10.2. The molecular weight excluding hydrogens is 414 g/mol. The Labute approximate surface area is 146 Å². The van der Waals surface area contributed by atoms with Gasteiger partial charge < -0.3 is 14.6 Å². The number of halogens is 2. The molecule has 1 N–H and O–H groups in total. The normalized spacial score (nSPS) is 10.9. The molecule has 4 nitrogen and oxygen atoms in total. The number of benzene rings is 2. The fourth-order valence-corrected chi connectivity index (χ4v) is 2.65. The Bertz CT molecular complexity index is 685. The standard InChI is InChI=1S/C16H15Br2NO3/c1-3-22-11-6-4-10(5-7-11)19-9-12-15(18)13(17)8-14(21-2)16(12)20/h4-9,20H,3H2,1-2H3. The molecule has 0 saturated carbocycles. The number of phenolic OH excluding ortho intramolecular Hbond substituents is 1. The number of hydrogen-bond acceptors (Lipinski definition) is 4. The third kappa shape index (κ3) is 3.81. The molecule has 0 bridgehead atoms. The van der Waals surface area contributed by atoms with Gasteiger partial charge in [0.25, 0.3) is 0 Å². The van der Waals surface area contributed by atoms with E-state index in [1.807, 2.05) is 31.2 Å². The van der Waals surface area contributed by atoms with Crippen LogP contribution in [0.3, 0.4) is 0 Å². The molecule has 0 heterocycles. The zero-order valence-corrected chi connectivity index (χ0v) is 15.3. The van der Waals surface area contributed by atoms with Gasteiger partial charge in [-0.3, -0.25) is 4.99 Å². The van der Waals surface area contributed by atoms with Crippen LogP contribution < -0.4 is 9.47 Å². The van der Waals surface area contributed by atoms with Gasteiger partial charge in [0.1, 0.15) is 5.75 Å². The van der Waals surface area contributed by atoms with Gasteiger partial charge in [0.2, 0.25) is 0 Å². The first-order valence-corrected chi connectivity index (χ1v) is 8.17. The Morgan fingerprint density at radius 3 is 2.50 bits per heavy atom. The summed E-state index contributed by atoms with van der Waals surface area (Å²) in [6, 6.07) is 9.09. The van der Waals surface area contributed by atoms with Crippen LogP contribution in [0, 0.1) is 0 Å². The number of aliphatic imine (C=N–C) groups is 1. The van der Waals surface area contributed by atoms with E-state index < -0.39 is 0 Å². The minimum absolute atomic E-state index is 0.0345. The molecule has 116 valence electrons. The molecule has 0 atom stereocenters. The first-order chi connectivity index (χ1) is 10.6. The van der Waals surface area contributed by atoms with Gasteiger partial charge in [-0.1, -0.05) is 0 Å². The summed E-state index contributed by atoms with van der Waals surface area (Å²) in [5.74, 6) is 1.21. The maximum absolute atomic E-state index is 10.2. The van der Waals surface area contributed by atoms with Crippen molar-refractivity contribution in [1.29, 1.82) is 0 Å². The van der Waals surface area contributed by atoms with Crippen molar-refractivity contribution >= 4 is 43.8 Å². The fraction of sp³-hybridized carbons (Fsp3) is 0.188. The number of hydrogen-bond donors (Lipinski definition) is 1. The lowest BCUT2D eigenvalue weighted by Gasteiger charge is -2.09. The van der Waals surface area contributed by atoms with Crippen LogP contribution in [0.15, 0.2) is 44.3 Å². The molecule has 0 aliphatic rings. The monoisotopic (exact) mass is 427 g/mol. The molecule has 2 aromatic carbocycles. The Hall–Kier alpha value is -1.53. The van der Waals surface area contributed by atoms with E-state index in [0.29, 0.717) is 22.4 Å². The molecule has 0 saturated heterocycles. The van der Waals surface area contributed by atoms with Gasteiger partial charge in [-0.25, -0.2) is 0 Å². The van der Waals surface area contributed by atoms with E-state index in [1.165, 1.54) is 7.11 Å². The second kappa shape index (κ2) is 7.65. The Morgan fingerprint density at radius 2 is 1.91 bits per heavy atom. The van der Waals surface area contributed by atoms with Gasteiger partial charge in [-0.05, 0) is 69.1 Å². The van der Waals surface area contributed by atoms with Crippen molar-refractivity contribution in [3.63, 3.8) is 0 Å². The van der Waals surface area contributed by atoms with Gasteiger partial charge in [-0.2, -0.15) is 0 Å². The number of phenols is 1. The van der Waals surface area contributed by atoms with E-state index in [1.54, 1.807) is 12.3 Å². The summed E-state index contributed by atoms with van der Waals surface area (Å²) >= 11 is 6.84. The van der Waals surface area contributed by atoms with Crippen LogP contribution in [-0.2, 0) is 0 Å². The highest BCUT2D eigenvalue weighted by Gasteiger charge is 2.14. The Kier molecular flexibility index (Phi) is 5.85. The maximum atomic E-state index is 10.2. The van der Waals surface area contributed by atoms with Gasteiger partial charge in [-0.15, -0.1) is 0 Å².